The van der Waals surface area contributed by atoms with Crippen LogP contribution in [0.15, 0.2) is 42.5 Å². The molecule has 7 heteroatoms. The van der Waals surface area contributed by atoms with E-state index >= 15 is 0 Å². The van der Waals surface area contributed by atoms with Crippen molar-refractivity contribution in [3.63, 3.8) is 0 Å². The molecule has 1 unspecified atom stereocenters. The highest BCUT2D eigenvalue weighted by Crippen LogP contribution is 2.27. The van der Waals surface area contributed by atoms with Crippen LogP contribution >= 0.6 is 0 Å². The number of piperazine rings is 1. The molecule has 1 aliphatic heterocycles. The van der Waals surface area contributed by atoms with Gasteiger partial charge in [0.1, 0.15) is 5.82 Å². The third-order valence-corrected chi connectivity index (χ3v) is 4.40. The highest BCUT2D eigenvalue weighted by molar-refractivity contribution is 5.96. The zero-order valence-electron chi connectivity index (χ0n) is 13.7. The molecule has 6 nitrogen and oxygen atoms in total. The molecule has 1 heterocycles. The molecule has 1 saturated heterocycles. The number of nitrogens with one attached hydrogen (secondary N) is 1. The van der Waals surface area contributed by atoms with Crippen LogP contribution in [0.1, 0.15) is 27.5 Å². The van der Waals surface area contributed by atoms with Crippen molar-refractivity contribution in [1.29, 1.82) is 0 Å². The van der Waals surface area contributed by atoms with Crippen molar-refractivity contribution in [3.8, 4) is 0 Å². The molecule has 2 aromatic rings. The van der Waals surface area contributed by atoms with Crippen molar-refractivity contribution < 1.29 is 14.1 Å². The zero-order valence-corrected chi connectivity index (χ0v) is 13.7. The lowest BCUT2D eigenvalue weighted by atomic mass is 10.00. The van der Waals surface area contributed by atoms with Crippen molar-refractivity contribution >= 4 is 11.6 Å². The molecule has 0 spiro atoms. The molecule has 2 aromatic carbocycles. The monoisotopic (exact) mass is 343 g/mol. The summed E-state index contributed by atoms with van der Waals surface area (Å²) < 4.78 is 13.6. The predicted molar refractivity (Wildman–Crippen MR) is 90.9 cm³/mol. The number of hydrogen-bond donors (Lipinski definition) is 1. The average Bonchev–Trinajstić information content (AvgIpc) is 2.61. The minimum absolute atomic E-state index is 0.119. The summed E-state index contributed by atoms with van der Waals surface area (Å²) in [7, 11) is 0. The quantitative estimate of drug-likeness (QED) is 0.687. The van der Waals surface area contributed by atoms with Gasteiger partial charge in [-0.1, -0.05) is 18.2 Å². The third kappa shape index (κ3) is 3.51. The highest BCUT2D eigenvalue weighted by atomic mass is 19.1. The maximum Gasteiger partial charge on any atom is 0.270 e. The molecule has 1 atom stereocenters. The first-order chi connectivity index (χ1) is 12.0. The van der Waals surface area contributed by atoms with Crippen molar-refractivity contribution in [1.82, 2.24) is 10.2 Å². The summed E-state index contributed by atoms with van der Waals surface area (Å²) in [6, 6.07) is 10.1. The van der Waals surface area contributed by atoms with Crippen LogP contribution < -0.4 is 5.32 Å². The first-order valence-corrected chi connectivity index (χ1v) is 7.99. The van der Waals surface area contributed by atoms with E-state index in [4.69, 9.17) is 0 Å². The summed E-state index contributed by atoms with van der Waals surface area (Å²) in [5, 5.41) is 14.2. The van der Waals surface area contributed by atoms with E-state index in [2.05, 4.69) is 5.32 Å². The van der Waals surface area contributed by atoms with Crippen LogP contribution in [0.4, 0.5) is 10.1 Å². The van der Waals surface area contributed by atoms with E-state index in [1.54, 1.807) is 30.0 Å². The number of hydrogen-bond acceptors (Lipinski definition) is 4. The maximum absolute atomic E-state index is 13.6. The van der Waals surface area contributed by atoms with Crippen LogP contribution in [0.5, 0.6) is 0 Å². The second-order valence-corrected chi connectivity index (χ2v) is 6.03. The van der Waals surface area contributed by atoms with Crippen LogP contribution in [0.2, 0.25) is 0 Å². The lowest BCUT2D eigenvalue weighted by molar-refractivity contribution is -0.384. The normalized spacial score (nSPS) is 17.4. The largest absolute Gasteiger partial charge is 0.329 e. The smallest absolute Gasteiger partial charge is 0.270 e. The van der Waals surface area contributed by atoms with Crippen LogP contribution in [-0.2, 0) is 0 Å². The van der Waals surface area contributed by atoms with Crippen molar-refractivity contribution in [2.75, 3.05) is 19.6 Å². The van der Waals surface area contributed by atoms with E-state index < -0.39 is 4.92 Å². The average molecular weight is 343 g/mol. The number of carbonyl (C=O) groups excluding carboxylic acids is 1. The van der Waals surface area contributed by atoms with Gasteiger partial charge in [0.15, 0.2) is 0 Å². The molecular formula is C18H18FN3O3. The molecule has 0 bridgehead atoms. The van der Waals surface area contributed by atoms with Gasteiger partial charge in [-0.25, -0.2) is 4.39 Å². The number of nitro benzene ring substituents is 1. The number of nitrogens with zero attached hydrogens (tertiary/aromatic N) is 2. The number of amides is 1. The van der Waals surface area contributed by atoms with E-state index in [0.717, 1.165) is 0 Å². The van der Waals surface area contributed by atoms with Crippen LogP contribution in [0.25, 0.3) is 0 Å². The van der Waals surface area contributed by atoms with Crippen molar-refractivity contribution in [2.45, 2.75) is 13.0 Å². The second kappa shape index (κ2) is 6.98. The van der Waals surface area contributed by atoms with Crippen LogP contribution in [0.3, 0.4) is 0 Å². The molecule has 0 saturated carbocycles. The minimum Gasteiger partial charge on any atom is -0.329 e. The Balaban J connectivity index is 1.96. The Morgan fingerprint density at radius 2 is 2.12 bits per heavy atom. The van der Waals surface area contributed by atoms with Gasteiger partial charge in [-0.3, -0.25) is 14.9 Å². The molecule has 0 aromatic heterocycles. The molecule has 1 N–H and O–H groups in total. The summed E-state index contributed by atoms with van der Waals surface area (Å²) in [6.45, 7) is 3.31. The molecule has 3 rings (SSSR count). The summed E-state index contributed by atoms with van der Waals surface area (Å²) >= 11 is 0. The van der Waals surface area contributed by atoms with E-state index in [1.165, 1.54) is 24.3 Å². The van der Waals surface area contributed by atoms with E-state index in [-0.39, 0.29) is 23.5 Å². The fraction of sp³-hybridized carbons (Fsp3) is 0.278. The van der Waals surface area contributed by atoms with Crippen molar-refractivity contribution in [2.24, 2.45) is 0 Å². The Kier molecular flexibility index (Phi) is 4.76. The van der Waals surface area contributed by atoms with E-state index in [1.807, 2.05) is 0 Å². The first kappa shape index (κ1) is 17.0. The van der Waals surface area contributed by atoms with Gasteiger partial charge in [0, 0.05) is 37.3 Å². The van der Waals surface area contributed by atoms with Gasteiger partial charge in [-0.05, 0) is 30.2 Å². The first-order valence-electron chi connectivity index (χ1n) is 7.99. The maximum atomic E-state index is 13.6. The molecule has 25 heavy (non-hydrogen) atoms. The van der Waals surface area contributed by atoms with Crippen LogP contribution in [0, 0.1) is 22.9 Å². The molecular weight excluding hydrogens is 325 g/mol. The molecule has 0 aliphatic carbocycles. The summed E-state index contributed by atoms with van der Waals surface area (Å²) in [5.74, 6) is -0.640. The Morgan fingerprint density at radius 1 is 1.32 bits per heavy atom. The molecule has 1 aliphatic rings. The van der Waals surface area contributed by atoms with Gasteiger partial charge in [0.05, 0.1) is 11.0 Å². The number of carbonyl (C=O) groups is 1. The van der Waals surface area contributed by atoms with Gasteiger partial charge < -0.3 is 10.2 Å². The Morgan fingerprint density at radius 3 is 2.84 bits per heavy atom. The standard InChI is InChI=1S/C18H18FN3O3/c1-12-5-6-15(22(24)25)10-16(12)18(23)21-8-7-20-11-17(21)13-3-2-4-14(19)9-13/h2-6,9-10,17,20H,7-8,11H2,1H3. The number of aryl methyl sites for hydroxylation is 1. The van der Waals surface area contributed by atoms with Gasteiger partial charge in [0.25, 0.3) is 11.6 Å². The van der Waals surface area contributed by atoms with Crippen molar-refractivity contribution in [3.05, 3.63) is 75.1 Å². The summed E-state index contributed by atoms with van der Waals surface area (Å²) in [5.41, 5.74) is 1.56. The second-order valence-electron chi connectivity index (χ2n) is 6.03. The lowest BCUT2D eigenvalue weighted by Gasteiger charge is -2.37. The fourth-order valence-electron chi connectivity index (χ4n) is 3.07. The number of halogens is 1. The SMILES string of the molecule is Cc1ccc([N+](=O)[O-])cc1C(=O)N1CCNCC1c1cccc(F)c1. The molecule has 1 amide bonds. The number of non-ortho nitro benzene ring substituents is 1. The van der Waals surface area contributed by atoms with E-state index in [9.17, 15) is 19.3 Å². The Bertz CT molecular complexity index is 825. The van der Waals surface area contributed by atoms with Crippen LogP contribution in [-0.4, -0.2) is 35.4 Å². The summed E-state index contributed by atoms with van der Waals surface area (Å²) in [4.78, 5) is 25.2. The summed E-state index contributed by atoms with van der Waals surface area (Å²) in [6.07, 6.45) is 0. The predicted octanol–water partition coefficient (Wildman–Crippen LogP) is 2.83. The Hall–Kier alpha value is -2.80. The third-order valence-electron chi connectivity index (χ3n) is 4.40. The molecule has 0 radical (unpaired) electrons. The minimum atomic E-state index is -0.516. The molecule has 1 fully saturated rings. The topological polar surface area (TPSA) is 75.5 Å². The van der Waals surface area contributed by atoms with Gasteiger partial charge >= 0.3 is 0 Å². The number of benzene rings is 2. The lowest BCUT2D eigenvalue weighted by Crippen LogP contribution is -2.48. The Labute approximate surface area is 144 Å². The van der Waals surface area contributed by atoms with E-state index in [0.29, 0.717) is 36.3 Å². The van der Waals surface area contributed by atoms with Gasteiger partial charge in [-0.15, -0.1) is 0 Å². The van der Waals surface area contributed by atoms with Gasteiger partial charge in [0.2, 0.25) is 0 Å². The number of nitro groups is 1. The highest BCUT2D eigenvalue weighted by Gasteiger charge is 2.30. The fourth-order valence-corrected chi connectivity index (χ4v) is 3.07. The molecule has 130 valence electrons. The number of rotatable bonds is 3. The zero-order chi connectivity index (χ0) is 18.0. The van der Waals surface area contributed by atoms with Gasteiger partial charge in [-0.2, -0.15) is 0 Å².